The second kappa shape index (κ2) is 7.35. The highest BCUT2D eigenvalue weighted by Gasteiger charge is 2.24. The fourth-order valence-electron chi connectivity index (χ4n) is 2.63. The van der Waals surface area contributed by atoms with E-state index in [9.17, 15) is 0 Å². The van der Waals surface area contributed by atoms with Crippen molar-refractivity contribution in [3.05, 3.63) is 65.2 Å². The molecular weight excluding hydrogens is 368 g/mol. The fraction of sp³-hybridized carbons (Fsp3) is 0.105. The van der Waals surface area contributed by atoms with Crippen LogP contribution in [0.1, 0.15) is 5.56 Å². The van der Waals surface area contributed by atoms with Gasteiger partial charge in [-0.15, -0.1) is 10.2 Å². The van der Waals surface area contributed by atoms with Crippen LogP contribution in [-0.2, 0) is 0 Å². The fourth-order valence-corrected chi connectivity index (χ4v) is 3.10. The van der Waals surface area contributed by atoms with Crippen molar-refractivity contribution in [2.75, 3.05) is 11.6 Å². The maximum atomic E-state index is 6.18. The SMILES string of the molecule is CSc1nnc2c(n1)O[C@H](/C=C\c1ccccc1)Nc1ccc(Cl)cc1-2. The van der Waals surface area contributed by atoms with E-state index in [0.29, 0.717) is 21.8 Å². The van der Waals surface area contributed by atoms with E-state index in [1.165, 1.54) is 11.8 Å². The number of benzene rings is 2. The highest BCUT2D eigenvalue weighted by Crippen LogP contribution is 2.37. The highest BCUT2D eigenvalue weighted by atomic mass is 35.5. The van der Waals surface area contributed by atoms with Crippen LogP contribution in [0, 0.1) is 0 Å². The van der Waals surface area contributed by atoms with Crippen LogP contribution in [0.2, 0.25) is 5.02 Å². The average molecular weight is 383 g/mol. The van der Waals surface area contributed by atoms with Gasteiger partial charge in [0.2, 0.25) is 11.0 Å². The third-order valence-electron chi connectivity index (χ3n) is 3.85. The molecule has 1 aliphatic rings. The molecule has 0 saturated heterocycles. The van der Waals surface area contributed by atoms with Gasteiger partial charge in [-0.3, -0.25) is 0 Å². The van der Waals surface area contributed by atoms with E-state index in [1.54, 1.807) is 0 Å². The molecule has 1 aliphatic heterocycles. The summed E-state index contributed by atoms with van der Waals surface area (Å²) in [7, 11) is 0. The third-order valence-corrected chi connectivity index (χ3v) is 4.63. The number of thioether (sulfide) groups is 1. The number of aromatic nitrogens is 3. The van der Waals surface area contributed by atoms with Crippen LogP contribution >= 0.6 is 23.4 Å². The molecule has 0 unspecified atom stereocenters. The van der Waals surface area contributed by atoms with E-state index in [1.807, 2.05) is 66.9 Å². The number of fused-ring (bicyclic) bond motifs is 3. The molecular formula is C19H15ClN4OS. The Morgan fingerprint density at radius 3 is 2.81 bits per heavy atom. The summed E-state index contributed by atoms with van der Waals surface area (Å²) in [6.07, 6.45) is 5.45. The van der Waals surface area contributed by atoms with Gasteiger partial charge >= 0.3 is 0 Å². The minimum atomic E-state index is -0.400. The summed E-state index contributed by atoms with van der Waals surface area (Å²) in [5.41, 5.74) is 3.34. The van der Waals surface area contributed by atoms with E-state index >= 15 is 0 Å². The van der Waals surface area contributed by atoms with E-state index in [4.69, 9.17) is 16.3 Å². The van der Waals surface area contributed by atoms with Gasteiger partial charge in [-0.05, 0) is 36.1 Å². The molecule has 1 aromatic heterocycles. The van der Waals surface area contributed by atoms with Gasteiger partial charge in [-0.1, -0.05) is 59.8 Å². The molecule has 0 aliphatic carbocycles. The Morgan fingerprint density at radius 1 is 1.15 bits per heavy atom. The molecule has 0 saturated carbocycles. The molecule has 1 N–H and O–H groups in total. The summed E-state index contributed by atoms with van der Waals surface area (Å²) in [5.74, 6) is 0.431. The molecule has 4 rings (SSSR count). The monoisotopic (exact) mass is 382 g/mol. The zero-order valence-corrected chi connectivity index (χ0v) is 15.5. The Kier molecular flexibility index (Phi) is 4.77. The molecule has 130 valence electrons. The first-order valence-corrected chi connectivity index (χ1v) is 9.58. The van der Waals surface area contributed by atoms with E-state index in [0.717, 1.165) is 16.8 Å². The maximum Gasteiger partial charge on any atom is 0.247 e. The standard InChI is InChI=1S/C19H15ClN4OS/c1-26-19-22-18-17(23-24-19)14-11-13(20)8-9-15(14)21-16(25-18)10-7-12-5-3-2-4-6-12/h2-11,16,21H,1H3/b10-7-/t16-/m1/s1. The van der Waals surface area contributed by atoms with Crippen LogP contribution in [0.5, 0.6) is 5.88 Å². The lowest BCUT2D eigenvalue weighted by Gasteiger charge is -2.15. The third kappa shape index (κ3) is 3.52. The van der Waals surface area contributed by atoms with Crippen LogP contribution in [0.3, 0.4) is 0 Å². The molecule has 26 heavy (non-hydrogen) atoms. The first-order chi connectivity index (χ1) is 12.7. The van der Waals surface area contributed by atoms with Crippen molar-refractivity contribution in [2.45, 2.75) is 11.4 Å². The Balaban J connectivity index is 1.75. The van der Waals surface area contributed by atoms with Crippen LogP contribution in [0.4, 0.5) is 5.69 Å². The zero-order valence-electron chi connectivity index (χ0n) is 13.9. The second-order valence-electron chi connectivity index (χ2n) is 5.59. The largest absolute Gasteiger partial charge is 0.448 e. The summed E-state index contributed by atoms with van der Waals surface area (Å²) < 4.78 is 6.08. The first-order valence-electron chi connectivity index (χ1n) is 7.98. The number of ether oxygens (including phenoxy) is 1. The Hall–Kier alpha value is -2.57. The molecule has 0 bridgehead atoms. The van der Waals surface area contributed by atoms with Gasteiger partial charge in [0.25, 0.3) is 0 Å². The Bertz CT molecular complexity index is 965. The van der Waals surface area contributed by atoms with Crippen molar-refractivity contribution in [3.8, 4) is 17.1 Å². The molecule has 3 aromatic rings. The average Bonchev–Trinajstić information content (AvgIpc) is 2.83. The van der Waals surface area contributed by atoms with Crippen molar-refractivity contribution >= 4 is 35.1 Å². The summed E-state index contributed by atoms with van der Waals surface area (Å²) in [5, 5.41) is 13.0. The normalized spacial score (nSPS) is 15.5. The van der Waals surface area contributed by atoms with Crippen molar-refractivity contribution in [1.29, 1.82) is 0 Å². The van der Waals surface area contributed by atoms with Gasteiger partial charge in [0.1, 0.15) is 0 Å². The predicted molar refractivity (Wildman–Crippen MR) is 106 cm³/mol. The molecule has 0 radical (unpaired) electrons. The van der Waals surface area contributed by atoms with Crippen molar-refractivity contribution in [3.63, 3.8) is 0 Å². The van der Waals surface area contributed by atoms with Crippen molar-refractivity contribution in [2.24, 2.45) is 0 Å². The number of hydrogen-bond acceptors (Lipinski definition) is 6. The van der Waals surface area contributed by atoms with Crippen LogP contribution in [0.25, 0.3) is 17.3 Å². The molecule has 7 heteroatoms. The van der Waals surface area contributed by atoms with Gasteiger partial charge in [0, 0.05) is 16.3 Å². The number of anilines is 1. The number of nitrogens with zero attached hydrogens (tertiary/aromatic N) is 3. The van der Waals surface area contributed by atoms with E-state index in [-0.39, 0.29) is 0 Å². The molecule has 1 atom stereocenters. The Morgan fingerprint density at radius 2 is 2.00 bits per heavy atom. The lowest BCUT2D eigenvalue weighted by molar-refractivity contribution is 0.266. The minimum Gasteiger partial charge on any atom is -0.448 e. The van der Waals surface area contributed by atoms with Crippen LogP contribution in [-0.4, -0.2) is 27.7 Å². The molecule has 5 nitrogen and oxygen atoms in total. The predicted octanol–water partition coefficient (Wildman–Crippen LogP) is 4.76. The number of nitrogens with one attached hydrogen (secondary N) is 1. The van der Waals surface area contributed by atoms with Crippen molar-refractivity contribution in [1.82, 2.24) is 15.2 Å². The van der Waals surface area contributed by atoms with Gasteiger partial charge in [-0.2, -0.15) is 4.98 Å². The van der Waals surface area contributed by atoms with Crippen LogP contribution < -0.4 is 10.1 Å². The number of rotatable bonds is 3. The number of hydrogen-bond donors (Lipinski definition) is 1. The van der Waals surface area contributed by atoms with Gasteiger partial charge < -0.3 is 10.1 Å². The topological polar surface area (TPSA) is 59.9 Å². The Labute approximate surface area is 160 Å². The lowest BCUT2D eigenvalue weighted by Crippen LogP contribution is -2.23. The van der Waals surface area contributed by atoms with Gasteiger partial charge in [-0.25, -0.2) is 0 Å². The van der Waals surface area contributed by atoms with Gasteiger partial charge in [0.05, 0.1) is 0 Å². The zero-order chi connectivity index (χ0) is 17.9. The lowest BCUT2D eigenvalue weighted by atomic mass is 10.1. The molecule has 0 spiro atoms. The smallest absolute Gasteiger partial charge is 0.247 e. The molecule has 0 amide bonds. The van der Waals surface area contributed by atoms with Crippen molar-refractivity contribution < 1.29 is 4.74 Å². The van der Waals surface area contributed by atoms with E-state index < -0.39 is 6.23 Å². The maximum absolute atomic E-state index is 6.18. The number of halogens is 1. The minimum absolute atomic E-state index is 0.400. The first kappa shape index (κ1) is 16.9. The quantitative estimate of drug-likeness (QED) is 0.659. The second-order valence-corrected chi connectivity index (χ2v) is 6.80. The highest BCUT2D eigenvalue weighted by molar-refractivity contribution is 7.98. The van der Waals surface area contributed by atoms with Crippen LogP contribution in [0.15, 0.2) is 59.8 Å². The summed E-state index contributed by atoms with van der Waals surface area (Å²) in [4.78, 5) is 4.48. The summed E-state index contributed by atoms with van der Waals surface area (Å²) in [6, 6.07) is 15.6. The molecule has 2 heterocycles. The summed E-state index contributed by atoms with van der Waals surface area (Å²) in [6.45, 7) is 0. The summed E-state index contributed by atoms with van der Waals surface area (Å²) >= 11 is 7.59. The van der Waals surface area contributed by atoms with E-state index in [2.05, 4.69) is 20.5 Å². The van der Waals surface area contributed by atoms with Gasteiger partial charge in [0.15, 0.2) is 11.9 Å². The molecule has 2 aromatic carbocycles. The molecule has 0 fully saturated rings.